The first kappa shape index (κ1) is 15.0. The lowest BCUT2D eigenvalue weighted by Gasteiger charge is -2.19. The number of benzene rings is 1. The molecule has 0 fully saturated rings. The van der Waals surface area contributed by atoms with Gasteiger partial charge in [-0.3, -0.25) is 14.1 Å². The molecule has 2 heterocycles. The topological polar surface area (TPSA) is 93.1 Å². The SMILES string of the molecule is CN(c1cncc2ccccc12)S(=O)(=O)C(=O)c1ncccn1. The largest absolute Gasteiger partial charge is 0.334 e. The van der Waals surface area contributed by atoms with Crippen LogP contribution in [-0.4, -0.2) is 35.5 Å². The Morgan fingerprint density at radius 1 is 1.04 bits per heavy atom. The van der Waals surface area contributed by atoms with Crippen LogP contribution in [0.15, 0.2) is 55.1 Å². The van der Waals surface area contributed by atoms with Crippen LogP contribution in [0.5, 0.6) is 0 Å². The molecule has 0 saturated heterocycles. The van der Waals surface area contributed by atoms with E-state index in [1.807, 2.05) is 12.1 Å². The molecule has 0 aliphatic rings. The molecular formula is C15H12N4O3S. The minimum Gasteiger partial charge on any atom is -0.270 e. The maximum Gasteiger partial charge on any atom is 0.334 e. The molecule has 0 bridgehead atoms. The first-order valence-electron chi connectivity index (χ1n) is 6.65. The molecule has 0 unspecified atom stereocenters. The van der Waals surface area contributed by atoms with Crippen LogP contribution >= 0.6 is 0 Å². The molecule has 0 amide bonds. The molecule has 8 heteroatoms. The summed E-state index contributed by atoms with van der Waals surface area (Å²) < 4.78 is 26.0. The van der Waals surface area contributed by atoms with E-state index in [2.05, 4.69) is 15.0 Å². The molecule has 0 saturated carbocycles. The van der Waals surface area contributed by atoms with Crippen LogP contribution in [0, 0.1) is 0 Å². The molecule has 0 atom stereocenters. The van der Waals surface area contributed by atoms with Crippen molar-refractivity contribution in [3.63, 3.8) is 0 Å². The molecule has 1 aromatic carbocycles. The average molecular weight is 328 g/mol. The second kappa shape index (κ2) is 5.73. The van der Waals surface area contributed by atoms with Gasteiger partial charge in [0.1, 0.15) is 0 Å². The Labute approximate surface area is 132 Å². The van der Waals surface area contributed by atoms with Crippen LogP contribution in [0.3, 0.4) is 0 Å². The van der Waals surface area contributed by atoms with Crippen LogP contribution in [0.4, 0.5) is 5.69 Å². The standard InChI is InChI=1S/C15H12N4O3S/c1-19(13-10-16-9-11-5-2-3-6-12(11)13)23(21,22)15(20)14-17-7-4-8-18-14/h2-10H,1H3. The fraction of sp³-hybridized carbons (Fsp3) is 0.0667. The number of sulfonamides is 1. The van der Waals surface area contributed by atoms with Gasteiger partial charge in [0.15, 0.2) is 0 Å². The lowest BCUT2D eigenvalue weighted by molar-refractivity contribution is 0.106. The van der Waals surface area contributed by atoms with E-state index in [1.165, 1.54) is 31.7 Å². The monoisotopic (exact) mass is 328 g/mol. The number of pyridine rings is 1. The Bertz CT molecular complexity index is 969. The molecule has 116 valence electrons. The van der Waals surface area contributed by atoms with E-state index in [9.17, 15) is 13.2 Å². The van der Waals surface area contributed by atoms with Gasteiger partial charge in [-0.05, 0) is 6.07 Å². The summed E-state index contributed by atoms with van der Waals surface area (Å²) in [6, 6.07) is 8.69. The summed E-state index contributed by atoms with van der Waals surface area (Å²) in [6.07, 6.45) is 5.66. The van der Waals surface area contributed by atoms with Gasteiger partial charge in [0.2, 0.25) is 5.82 Å². The van der Waals surface area contributed by atoms with Crippen LogP contribution < -0.4 is 4.31 Å². The van der Waals surface area contributed by atoms with Crippen molar-refractivity contribution in [1.29, 1.82) is 0 Å². The van der Waals surface area contributed by atoms with Crippen LogP contribution in [0.2, 0.25) is 0 Å². The maximum absolute atomic E-state index is 12.5. The van der Waals surface area contributed by atoms with Crippen molar-refractivity contribution in [3.05, 3.63) is 60.9 Å². The van der Waals surface area contributed by atoms with Crippen LogP contribution in [0.25, 0.3) is 10.8 Å². The van der Waals surface area contributed by atoms with Crippen molar-refractivity contribution in [2.24, 2.45) is 0 Å². The quantitative estimate of drug-likeness (QED) is 0.725. The van der Waals surface area contributed by atoms with Crippen LogP contribution in [0.1, 0.15) is 10.6 Å². The first-order chi connectivity index (χ1) is 11.0. The molecule has 7 nitrogen and oxygen atoms in total. The van der Waals surface area contributed by atoms with E-state index < -0.39 is 15.1 Å². The molecule has 0 aliphatic heterocycles. The molecule has 0 spiro atoms. The second-order valence-corrected chi connectivity index (χ2v) is 6.58. The Hall–Kier alpha value is -2.87. The Kier molecular flexibility index (Phi) is 3.75. The smallest absolute Gasteiger partial charge is 0.270 e. The fourth-order valence-electron chi connectivity index (χ4n) is 2.13. The number of nitrogens with zero attached hydrogens (tertiary/aromatic N) is 4. The van der Waals surface area contributed by atoms with Gasteiger partial charge in [-0.1, -0.05) is 24.3 Å². The number of aromatic nitrogens is 3. The van der Waals surface area contributed by atoms with E-state index in [0.717, 1.165) is 9.69 Å². The van der Waals surface area contributed by atoms with Crippen molar-refractivity contribution in [3.8, 4) is 0 Å². The molecule has 23 heavy (non-hydrogen) atoms. The van der Waals surface area contributed by atoms with Crippen molar-refractivity contribution >= 4 is 31.6 Å². The minimum atomic E-state index is -4.31. The van der Waals surface area contributed by atoms with E-state index in [1.54, 1.807) is 18.3 Å². The van der Waals surface area contributed by atoms with Crippen molar-refractivity contribution in [2.75, 3.05) is 11.4 Å². The molecule has 0 N–H and O–H groups in total. The molecule has 0 radical (unpaired) electrons. The third kappa shape index (κ3) is 2.64. The summed E-state index contributed by atoms with van der Waals surface area (Å²) in [5.74, 6) is -0.368. The van der Waals surface area contributed by atoms with E-state index >= 15 is 0 Å². The summed E-state index contributed by atoms with van der Waals surface area (Å²) in [4.78, 5) is 23.7. The zero-order valence-electron chi connectivity index (χ0n) is 12.1. The zero-order valence-corrected chi connectivity index (χ0v) is 12.9. The average Bonchev–Trinajstić information content (AvgIpc) is 2.60. The third-order valence-electron chi connectivity index (χ3n) is 3.33. The molecule has 3 aromatic rings. The number of fused-ring (bicyclic) bond motifs is 1. The molecular weight excluding hydrogens is 316 g/mol. The highest BCUT2D eigenvalue weighted by atomic mass is 32.2. The van der Waals surface area contributed by atoms with Gasteiger partial charge in [-0.2, -0.15) is 8.42 Å². The predicted octanol–water partition coefficient (Wildman–Crippen LogP) is 1.63. The van der Waals surface area contributed by atoms with E-state index in [0.29, 0.717) is 11.1 Å². The predicted molar refractivity (Wildman–Crippen MR) is 85.4 cm³/mol. The van der Waals surface area contributed by atoms with Gasteiger partial charge >= 0.3 is 15.1 Å². The maximum atomic E-state index is 12.5. The Balaban J connectivity index is 2.08. The van der Waals surface area contributed by atoms with Crippen molar-refractivity contribution in [2.45, 2.75) is 0 Å². The number of carbonyl (C=O) groups excluding carboxylic acids is 1. The summed E-state index contributed by atoms with van der Waals surface area (Å²) in [6.45, 7) is 0. The summed E-state index contributed by atoms with van der Waals surface area (Å²) >= 11 is 0. The van der Waals surface area contributed by atoms with E-state index in [-0.39, 0.29) is 5.82 Å². The highest BCUT2D eigenvalue weighted by Gasteiger charge is 2.32. The highest BCUT2D eigenvalue weighted by molar-refractivity contribution is 8.07. The molecule has 2 aromatic heterocycles. The zero-order chi connectivity index (χ0) is 16.4. The van der Waals surface area contributed by atoms with Crippen molar-refractivity contribution in [1.82, 2.24) is 15.0 Å². The van der Waals surface area contributed by atoms with Gasteiger partial charge < -0.3 is 0 Å². The second-order valence-electron chi connectivity index (χ2n) is 4.71. The van der Waals surface area contributed by atoms with Gasteiger partial charge in [-0.15, -0.1) is 0 Å². The lowest BCUT2D eigenvalue weighted by atomic mass is 10.1. The van der Waals surface area contributed by atoms with Crippen molar-refractivity contribution < 1.29 is 13.2 Å². The summed E-state index contributed by atoms with van der Waals surface area (Å²) in [5, 5.41) is 0.291. The Morgan fingerprint density at radius 3 is 2.48 bits per heavy atom. The number of hydrogen-bond donors (Lipinski definition) is 0. The molecule has 3 rings (SSSR count). The number of rotatable bonds is 3. The van der Waals surface area contributed by atoms with Gasteiger partial charge in [0.05, 0.1) is 11.9 Å². The highest BCUT2D eigenvalue weighted by Crippen LogP contribution is 2.27. The summed E-state index contributed by atoms with van der Waals surface area (Å²) in [5.41, 5.74) is 0.312. The number of hydrogen-bond acceptors (Lipinski definition) is 6. The minimum absolute atomic E-state index is 0.312. The van der Waals surface area contributed by atoms with E-state index in [4.69, 9.17) is 0 Å². The fourth-order valence-corrected chi connectivity index (χ4v) is 3.11. The van der Waals surface area contributed by atoms with Gasteiger partial charge in [0.25, 0.3) is 0 Å². The van der Waals surface area contributed by atoms with Gasteiger partial charge in [-0.25, -0.2) is 9.97 Å². The van der Waals surface area contributed by atoms with Crippen LogP contribution in [-0.2, 0) is 10.0 Å². The summed E-state index contributed by atoms with van der Waals surface area (Å²) in [7, 11) is -3.00. The number of carbonyl (C=O) groups is 1. The number of anilines is 1. The first-order valence-corrected chi connectivity index (χ1v) is 8.09. The van der Waals surface area contributed by atoms with Gasteiger partial charge in [0, 0.05) is 36.4 Å². The molecule has 0 aliphatic carbocycles. The third-order valence-corrected chi connectivity index (χ3v) is 4.90. The Morgan fingerprint density at radius 2 is 1.74 bits per heavy atom. The lowest BCUT2D eigenvalue weighted by Crippen LogP contribution is -2.34. The normalized spacial score (nSPS) is 11.3.